The lowest BCUT2D eigenvalue weighted by molar-refractivity contribution is 0.0345. The smallest absolute Gasteiger partial charge is 0.0956 e. The van der Waals surface area contributed by atoms with Gasteiger partial charge in [-0.25, -0.2) is 0 Å². The summed E-state index contributed by atoms with van der Waals surface area (Å²) in [5, 5.41) is 0.989. The van der Waals surface area contributed by atoms with Crippen LogP contribution in [-0.4, -0.2) is 30.3 Å². The van der Waals surface area contributed by atoms with Gasteiger partial charge < -0.3 is 15.4 Å². The zero-order valence-corrected chi connectivity index (χ0v) is 13.2. The molecule has 1 fully saturated rings. The van der Waals surface area contributed by atoms with E-state index in [4.69, 9.17) is 10.5 Å². The van der Waals surface area contributed by atoms with Gasteiger partial charge in [0.15, 0.2) is 0 Å². The number of nitrogens with zero attached hydrogens (tertiary/aromatic N) is 2. The van der Waals surface area contributed by atoms with Crippen molar-refractivity contribution >= 4 is 38.2 Å². The number of aromatic nitrogens is 1. The largest absolute Gasteiger partial charge is 0.398 e. The van der Waals surface area contributed by atoms with Crippen LogP contribution in [0.15, 0.2) is 28.9 Å². The number of hydrogen-bond acceptors (Lipinski definition) is 4. The molecule has 5 heteroatoms. The number of halogens is 1. The maximum absolute atomic E-state index is 6.08. The molecule has 2 aromatic rings. The third-order valence-corrected chi connectivity index (χ3v) is 4.18. The first-order valence-electron chi connectivity index (χ1n) is 6.78. The monoisotopic (exact) mass is 335 g/mol. The molecule has 1 aliphatic heterocycles. The summed E-state index contributed by atoms with van der Waals surface area (Å²) in [6.45, 7) is 5.89. The second kappa shape index (κ2) is 5.22. The average Bonchev–Trinajstić information content (AvgIpc) is 2.43. The Hall–Kier alpha value is -1.33. The molecule has 2 unspecified atom stereocenters. The second-order valence-electron chi connectivity index (χ2n) is 5.37. The Labute approximate surface area is 127 Å². The van der Waals surface area contributed by atoms with Crippen LogP contribution in [-0.2, 0) is 4.74 Å². The summed E-state index contributed by atoms with van der Waals surface area (Å²) < 4.78 is 6.64. The second-order valence-corrected chi connectivity index (χ2v) is 6.28. The lowest BCUT2D eigenvalue weighted by atomic mass is 10.1. The minimum atomic E-state index is 0.231. The van der Waals surface area contributed by atoms with Crippen molar-refractivity contribution in [3.05, 3.63) is 28.9 Å². The summed E-state index contributed by atoms with van der Waals surface area (Å²) in [6, 6.07) is 6.38. The predicted molar refractivity (Wildman–Crippen MR) is 86.1 cm³/mol. The van der Waals surface area contributed by atoms with Crippen molar-refractivity contribution in [3.63, 3.8) is 0 Å². The molecule has 2 atom stereocenters. The van der Waals surface area contributed by atoms with Gasteiger partial charge in [0.1, 0.15) is 0 Å². The molecule has 0 radical (unpaired) electrons. The molecule has 1 saturated heterocycles. The zero-order chi connectivity index (χ0) is 14.3. The lowest BCUT2D eigenvalue weighted by Crippen LogP contribution is -2.47. The summed E-state index contributed by atoms with van der Waals surface area (Å²) in [4.78, 5) is 6.92. The number of ether oxygens (including phenoxy) is 1. The van der Waals surface area contributed by atoms with Crippen LogP contribution >= 0.6 is 15.9 Å². The number of pyridine rings is 1. The number of benzene rings is 1. The summed E-state index contributed by atoms with van der Waals surface area (Å²) >= 11 is 3.46. The Morgan fingerprint density at radius 3 is 3.00 bits per heavy atom. The van der Waals surface area contributed by atoms with E-state index in [1.807, 2.05) is 18.3 Å². The van der Waals surface area contributed by atoms with Gasteiger partial charge >= 0.3 is 0 Å². The van der Waals surface area contributed by atoms with Gasteiger partial charge in [0.05, 0.1) is 23.9 Å². The van der Waals surface area contributed by atoms with Gasteiger partial charge in [-0.1, -0.05) is 0 Å². The van der Waals surface area contributed by atoms with E-state index in [1.165, 1.54) is 0 Å². The third kappa shape index (κ3) is 2.36. The Morgan fingerprint density at radius 1 is 1.40 bits per heavy atom. The highest BCUT2D eigenvalue weighted by Crippen LogP contribution is 2.33. The highest BCUT2D eigenvalue weighted by Gasteiger charge is 2.25. The van der Waals surface area contributed by atoms with Crippen LogP contribution in [0, 0.1) is 0 Å². The molecular weight excluding hydrogens is 318 g/mol. The zero-order valence-electron chi connectivity index (χ0n) is 11.6. The molecule has 1 aliphatic rings. The Kier molecular flexibility index (Phi) is 3.56. The van der Waals surface area contributed by atoms with Crippen molar-refractivity contribution in [2.75, 3.05) is 23.8 Å². The number of anilines is 2. The topological polar surface area (TPSA) is 51.4 Å². The predicted octanol–water partition coefficient (Wildman–Crippen LogP) is 3.19. The van der Waals surface area contributed by atoms with Crippen molar-refractivity contribution in [2.45, 2.75) is 26.0 Å². The molecule has 3 rings (SSSR count). The van der Waals surface area contributed by atoms with Crippen LogP contribution in [0.4, 0.5) is 11.4 Å². The third-order valence-electron chi connectivity index (χ3n) is 3.75. The average molecular weight is 336 g/mol. The van der Waals surface area contributed by atoms with E-state index in [1.54, 1.807) is 0 Å². The van der Waals surface area contributed by atoms with Crippen molar-refractivity contribution in [3.8, 4) is 0 Å². The maximum atomic E-state index is 6.08. The van der Waals surface area contributed by atoms with Gasteiger partial charge in [-0.3, -0.25) is 4.98 Å². The number of fused-ring (bicyclic) bond motifs is 1. The van der Waals surface area contributed by atoms with E-state index in [2.05, 4.69) is 45.7 Å². The van der Waals surface area contributed by atoms with Gasteiger partial charge in [0.25, 0.3) is 0 Å². The van der Waals surface area contributed by atoms with Gasteiger partial charge in [-0.05, 0) is 48.0 Å². The summed E-state index contributed by atoms with van der Waals surface area (Å²) in [5.41, 5.74) is 8.92. The minimum absolute atomic E-state index is 0.231. The first kappa shape index (κ1) is 13.6. The molecule has 0 bridgehead atoms. The van der Waals surface area contributed by atoms with Gasteiger partial charge in [0.2, 0.25) is 0 Å². The fourth-order valence-electron chi connectivity index (χ4n) is 2.67. The van der Waals surface area contributed by atoms with E-state index in [-0.39, 0.29) is 6.10 Å². The molecule has 1 aromatic carbocycles. The molecule has 0 saturated carbocycles. The molecule has 106 valence electrons. The molecule has 0 amide bonds. The molecule has 4 nitrogen and oxygen atoms in total. The molecular formula is C15H18BrN3O. The number of rotatable bonds is 1. The Bertz CT molecular complexity index is 646. The number of hydrogen-bond donors (Lipinski definition) is 1. The molecule has 2 N–H and O–H groups in total. The van der Waals surface area contributed by atoms with Crippen LogP contribution in [0.25, 0.3) is 10.9 Å². The van der Waals surface area contributed by atoms with Crippen LogP contribution in [0.1, 0.15) is 13.8 Å². The fraction of sp³-hybridized carbons (Fsp3) is 0.400. The van der Waals surface area contributed by atoms with Gasteiger partial charge in [0, 0.05) is 34.3 Å². The van der Waals surface area contributed by atoms with E-state index in [0.29, 0.717) is 6.04 Å². The maximum Gasteiger partial charge on any atom is 0.0956 e. The SMILES string of the molecule is CC1CN(c2ccc(N)c3cc(Br)cnc23)C(C)CO1. The van der Waals surface area contributed by atoms with Crippen LogP contribution in [0.5, 0.6) is 0 Å². The first-order valence-corrected chi connectivity index (χ1v) is 7.57. The summed E-state index contributed by atoms with van der Waals surface area (Å²) in [6.07, 6.45) is 2.05. The van der Waals surface area contributed by atoms with Crippen molar-refractivity contribution in [1.82, 2.24) is 4.98 Å². The summed E-state index contributed by atoms with van der Waals surface area (Å²) in [7, 11) is 0. The van der Waals surface area contributed by atoms with Crippen molar-refractivity contribution in [1.29, 1.82) is 0 Å². The van der Waals surface area contributed by atoms with Crippen LogP contribution in [0.2, 0.25) is 0 Å². The Balaban J connectivity index is 2.14. The molecule has 0 aliphatic carbocycles. The fourth-order valence-corrected chi connectivity index (χ4v) is 3.00. The van der Waals surface area contributed by atoms with E-state index >= 15 is 0 Å². The highest BCUT2D eigenvalue weighted by molar-refractivity contribution is 9.10. The lowest BCUT2D eigenvalue weighted by Gasteiger charge is -2.38. The highest BCUT2D eigenvalue weighted by atomic mass is 79.9. The molecule has 2 heterocycles. The summed E-state index contributed by atoms with van der Waals surface area (Å²) in [5.74, 6) is 0. The minimum Gasteiger partial charge on any atom is -0.398 e. The molecule has 0 spiro atoms. The van der Waals surface area contributed by atoms with Gasteiger partial charge in [-0.15, -0.1) is 0 Å². The number of nitrogens with two attached hydrogens (primary N) is 1. The van der Waals surface area contributed by atoms with Crippen molar-refractivity contribution < 1.29 is 4.74 Å². The van der Waals surface area contributed by atoms with E-state index in [0.717, 1.165) is 39.9 Å². The van der Waals surface area contributed by atoms with E-state index < -0.39 is 0 Å². The number of morpholine rings is 1. The molecule has 1 aromatic heterocycles. The quantitative estimate of drug-likeness (QED) is 0.813. The first-order chi connectivity index (χ1) is 9.56. The standard InChI is InChI=1S/C15H18BrN3O/c1-9-8-20-10(2)7-19(9)14-4-3-13(17)12-5-11(16)6-18-15(12)14/h3-6,9-10H,7-8,17H2,1-2H3. The number of nitrogen functional groups attached to an aromatic ring is 1. The van der Waals surface area contributed by atoms with E-state index in [9.17, 15) is 0 Å². The normalized spacial score (nSPS) is 23.2. The van der Waals surface area contributed by atoms with Crippen molar-refractivity contribution in [2.24, 2.45) is 0 Å². The Morgan fingerprint density at radius 2 is 2.20 bits per heavy atom. The van der Waals surface area contributed by atoms with Gasteiger partial charge in [-0.2, -0.15) is 0 Å². The van der Waals surface area contributed by atoms with Crippen LogP contribution in [0.3, 0.4) is 0 Å². The van der Waals surface area contributed by atoms with Crippen LogP contribution < -0.4 is 10.6 Å². The molecule has 20 heavy (non-hydrogen) atoms.